The number of nitrogens with one attached hydrogen (secondary N) is 1. The maximum Gasteiger partial charge on any atom is 0.260 e. The summed E-state index contributed by atoms with van der Waals surface area (Å²) >= 11 is 2.23. The third-order valence-corrected chi connectivity index (χ3v) is 3.29. The Balaban J connectivity index is 2.33. The summed E-state index contributed by atoms with van der Waals surface area (Å²) in [6, 6.07) is 7.68. The van der Waals surface area contributed by atoms with E-state index in [2.05, 4.69) is 34.8 Å². The van der Waals surface area contributed by atoms with Gasteiger partial charge in [-0.1, -0.05) is 19.8 Å². The van der Waals surface area contributed by atoms with Crippen LogP contribution in [0.4, 0.5) is 0 Å². The highest BCUT2D eigenvalue weighted by atomic mass is 127. The van der Waals surface area contributed by atoms with E-state index >= 15 is 0 Å². The van der Waals surface area contributed by atoms with Gasteiger partial charge in [0.1, 0.15) is 5.75 Å². The molecule has 0 fully saturated rings. The van der Waals surface area contributed by atoms with E-state index in [1.54, 1.807) is 6.92 Å². The lowest BCUT2D eigenvalue weighted by atomic mass is 10.2. The van der Waals surface area contributed by atoms with Crippen LogP contribution in [0, 0.1) is 3.57 Å². The zero-order valence-electron chi connectivity index (χ0n) is 10.9. The molecule has 0 aliphatic rings. The van der Waals surface area contributed by atoms with Crippen LogP contribution in [-0.2, 0) is 4.79 Å². The lowest BCUT2D eigenvalue weighted by molar-refractivity contribution is -0.127. The minimum atomic E-state index is -0.452. The van der Waals surface area contributed by atoms with Gasteiger partial charge < -0.3 is 10.1 Å². The monoisotopic (exact) mass is 361 g/mol. The van der Waals surface area contributed by atoms with Crippen LogP contribution in [0.5, 0.6) is 5.75 Å². The van der Waals surface area contributed by atoms with Gasteiger partial charge in [-0.3, -0.25) is 4.79 Å². The van der Waals surface area contributed by atoms with Gasteiger partial charge in [-0.2, -0.15) is 0 Å². The number of halogens is 1. The lowest BCUT2D eigenvalue weighted by Gasteiger charge is -2.14. The van der Waals surface area contributed by atoms with Crippen molar-refractivity contribution in [2.45, 2.75) is 39.2 Å². The van der Waals surface area contributed by atoms with Gasteiger partial charge in [-0.15, -0.1) is 0 Å². The van der Waals surface area contributed by atoms with Crippen LogP contribution in [0.3, 0.4) is 0 Å². The molecule has 1 N–H and O–H groups in total. The molecule has 1 atom stereocenters. The van der Waals surface area contributed by atoms with Crippen LogP contribution >= 0.6 is 22.6 Å². The van der Waals surface area contributed by atoms with Crippen molar-refractivity contribution in [1.82, 2.24) is 5.32 Å². The number of unbranched alkanes of at least 4 members (excludes halogenated alkanes) is 2. The second-order valence-electron chi connectivity index (χ2n) is 4.21. The lowest BCUT2D eigenvalue weighted by Crippen LogP contribution is -2.36. The Morgan fingerprint density at radius 1 is 1.33 bits per heavy atom. The highest BCUT2D eigenvalue weighted by Crippen LogP contribution is 2.14. The van der Waals surface area contributed by atoms with Gasteiger partial charge >= 0.3 is 0 Å². The smallest absolute Gasteiger partial charge is 0.260 e. The Hall–Kier alpha value is -0.780. The molecule has 3 nitrogen and oxygen atoms in total. The van der Waals surface area contributed by atoms with Crippen LogP contribution in [0.2, 0.25) is 0 Å². The molecule has 0 aromatic heterocycles. The van der Waals surface area contributed by atoms with E-state index in [9.17, 15) is 4.79 Å². The molecular formula is C14H20INO2. The van der Waals surface area contributed by atoms with Gasteiger partial charge in [0.2, 0.25) is 0 Å². The number of carbonyl (C=O) groups excluding carboxylic acids is 1. The van der Waals surface area contributed by atoms with E-state index in [1.165, 1.54) is 0 Å². The highest BCUT2D eigenvalue weighted by Gasteiger charge is 2.13. The van der Waals surface area contributed by atoms with Crippen molar-refractivity contribution in [3.05, 3.63) is 27.8 Å². The maximum atomic E-state index is 11.7. The second kappa shape index (κ2) is 8.34. The fourth-order valence-electron chi connectivity index (χ4n) is 1.50. The Labute approximate surface area is 122 Å². The number of benzene rings is 1. The number of amides is 1. The first-order valence-corrected chi connectivity index (χ1v) is 7.41. The summed E-state index contributed by atoms with van der Waals surface area (Å²) in [5.41, 5.74) is 0. The van der Waals surface area contributed by atoms with Crippen molar-refractivity contribution in [2.24, 2.45) is 0 Å². The van der Waals surface area contributed by atoms with Gasteiger partial charge in [-0.05, 0) is 60.2 Å². The molecule has 4 heteroatoms. The van der Waals surface area contributed by atoms with Gasteiger partial charge in [0, 0.05) is 10.1 Å². The summed E-state index contributed by atoms with van der Waals surface area (Å²) < 4.78 is 6.72. The van der Waals surface area contributed by atoms with Crippen molar-refractivity contribution in [3.63, 3.8) is 0 Å². The number of ether oxygens (including phenoxy) is 1. The van der Waals surface area contributed by atoms with Crippen molar-refractivity contribution < 1.29 is 9.53 Å². The topological polar surface area (TPSA) is 38.3 Å². The van der Waals surface area contributed by atoms with E-state index in [4.69, 9.17) is 4.74 Å². The summed E-state index contributed by atoms with van der Waals surface area (Å²) in [6.45, 7) is 4.64. The summed E-state index contributed by atoms with van der Waals surface area (Å²) in [5, 5.41) is 2.88. The largest absolute Gasteiger partial charge is 0.481 e. The molecule has 18 heavy (non-hydrogen) atoms. The minimum Gasteiger partial charge on any atom is -0.481 e. The van der Waals surface area contributed by atoms with E-state index in [1.807, 2.05) is 24.3 Å². The van der Waals surface area contributed by atoms with Crippen molar-refractivity contribution in [3.8, 4) is 5.75 Å². The molecule has 1 amide bonds. The Bertz CT molecular complexity index is 365. The molecule has 1 unspecified atom stereocenters. The molecule has 1 aromatic carbocycles. The van der Waals surface area contributed by atoms with E-state index in [0.29, 0.717) is 0 Å². The van der Waals surface area contributed by atoms with E-state index < -0.39 is 6.10 Å². The van der Waals surface area contributed by atoms with Crippen LogP contribution in [-0.4, -0.2) is 18.6 Å². The molecule has 100 valence electrons. The normalized spacial score (nSPS) is 11.9. The summed E-state index contributed by atoms with van der Waals surface area (Å²) in [6.07, 6.45) is 2.88. The molecule has 1 rings (SSSR count). The first-order chi connectivity index (χ1) is 8.63. The first kappa shape index (κ1) is 15.3. The second-order valence-corrected chi connectivity index (χ2v) is 5.46. The number of hydrogen-bond acceptors (Lipinski definition) is 2. The molecule has 0 saturated carbocycles. The SMILES string of the molecule is CCCCCNC(=O)C(C)Oc1ccc(I)cc1. The molecular weight excluding hydrogens is 341 g/mol. The average molecular weight is 361 g/mol. The molecule has 0 bridgehead atoms. The van der Waals surface area contributed by atoms with Gasteiger partial charge in [0.15, 0.2) is 6.10 Å². The predicted octanol–water partition coefficient (Wildman–Crippen LogP) is 3.36. The standard InChI is InChI=1S/C14H20INO2/c1-3-4-5-10-16-14(17)11(2)18-13-8-6-12(15)7-9-13/h6-9,11H,3-5,10H2,1-2H3,(H,16,17). The van der Waals surface area contributed by atoms with Crippen LogP contribution < -0.4 is 10.1 Å². The first-order valence-electron chi connectivity index (χ1n) is 6.33. The van der Waals surface area contributed by atoms with Gasteiger partial charge in [0.05, 0.1) is 0 Å². The van der Waals surface area contributed by atoms with E-state index in [-0.39, 0.29) is 5.91 Å². The van der Waals surface area contributed by atoms with Crippen molar-refractivity contribution in [2.75, 3.05) is 6.54 Å². The quantitative estimate of drug-likeness (QED) is 0.598. The summed E-state index contributed by atoms with van der Waals surface area (Å²) in [7, 11) is 0. The summed E-state index contributed by atoms with van der Waals surface area (Å²) in [5.74, 6) is 0.677. The maximum absolute atomic E-state index is 11.7. The number of hydrogen-bond donors (Lipinski definition) is 1. The van der Waals surface area contributed by atoms with E-state index in [0.717, 1.165) is 35.1 Å². The minimum absolute atomic E-state index is 0.0512. The Morgan fingerprint density at radius 3 is 2.61 bits per heavy atom. The molecule has 0 aliphatic carbocycles. The molecule has 0 saturated heterocycles. The molecule has 0 spiro atoms. The Morgan fingerprint density at radius 2 is 2.00 bits per heavy atom. The molecule has 1 aromatic rings. The van der Waals surface area contributed by atoms with Crippen LogP contribution in [0.25, 0.3) is 0 Å². The Kier molecular flexibility index (Phi) is 7.08. The number of carbonyl (C=O) groups is 1. The predicted molar refractivity (Wildman–Crippen MR) is 81.8 cm³/mol. The third kappa shape index (κ3) is 5.71. The van der Waals surface area contributed by atoms with Crippen LogP contribution in [0.15, 0.2) is 24.3 Å². The zero-order valence-corrected chi connectivity index (χ0v) is 13.1. The third-order valence-electron chi connectivity index (χ3n) is 2.58. The van der Waals surface area contributed by atoms with Gasteiger partial charge in [0.25, 0.3) is 5.91 Å². The fourth-order valence-corrected chi connectivity index (χ4v) is 1.86. The van der Waals surface area contributed by atoms with Gasteiger partial charge in [-0.25, -0.2) is 0 Å². The molecule has 0 radical (unpaired) electrons. The molecule has 0 aliphatic heterocycles. The average Bonchev–Trinajstić information content (AvgIpc) is 2.37. The fraction of sp³-hybridized carbons (Fsp3) is 0.500. The zero-order chi connectivity index (χ0) is 13.4. The van der Waals surface area contributed by atoms with Crippen LogP contribution in [0.1, 0.15) is 33.1 Å². The highest BCUT2D eigenvalue weighted by molar-refractivity contribution is 14.1. The molecule has 0 heterocycles. The van der Waals surface area contributed by atoms with Crippen molar-refractivity contribution >= 4 is 28.5 Å². The summed E-state index contributed by atoms with van der Waals surface area (Å²) in [4.78, 5) is 11.7. The van der Waals surface area contributed by atoms with Crippen molar-refractivity contribution in [1.29, 1.82) is 0 Å². The number of rotatable bonds is 7.